The number of ether oxygens (including phenoxy) is 1. The van der Waals surface area contributed by atoms with Gasteiger partial charge in [-0.2, -0.15) is 0 Å². The molecule has 3 heteroatoms. The second-order valence-electron chi connectivity index (χ2n) is 3.87. The zero-order valence-electron chi connectivity index (χ0n) is 11.4. The predicted octanol–water partition coefficient (Wildman–Crippen LogP) is 2.58. The number of rotatable bonds is 6. The van der Waals surface area contributed by atoms with E-state index in [9.17, 15) is 4.79 Å². The molecule has 0 spiro atoms. The van der Waals surface area contributed by atoms with Crippen LogP contribution in [0, 0.1) is 12.3 Å². The van der Waals surface area contributed by atoms with Gasteiger partial charge in [0.1, 0.15) is 12.4 Å². The zero-order valence-corrected chi connectivity index (χ0v) is 11.4. The third kappa shape index (κ3) is 4.51. The summed E-state index contributed by atoms with van der Waals surface area (Å²) in [5.41, 5.74) is 0.846. The Morgan fingerprint density at radius 1 is 1.37 bits per heavy atom. The number of para-hydroxylation sites is 1. The largest absolute Gasteiger partial charge is 0.480 e. The number of carbonyl (C=O) groups is 1. The van der Waals surface area contributed by atoms with Crippen molar-refractivity contribution >= 4 is 12.0 Å². The third-order valence-corrected chi connectivity index (χ3v) is 2.71. The predicted molar refractivity (Wildman–Crippen MR) is 77.7 cm³/mol. The minimum absolute atomic E-state index is 0.00301. The van der Waals surface area contributed by atoms with Gasteiger partial charge in [-0.15, -0.1) is 6.42 Å². The average molecular weight is 257 g/mol. The third-order valence-electron chi connectivity index (χ3n) is 2.71. The van der Waals surface area contributed by atoms with Crippen LogP contribution in [0.3, 0.4) is 0 Å². The highest BCUT2D eigenvalue weighted by molar-refractivity contribution is 5.92. The van der Waals surface area contributed by atoms with E-state index in [-0.39, 0.29) is 12.5 Å². The molecule has 1 aromatic rings. The van der Waals surface area contributed by atoms with Crippen LogP contribution in [0.5, 0.6) is 5.75 Å². The Morgan fingerprint density at radius 3 is 2.68 bits per heavy atom. The lowest BCUT2D eigenvalue weighted by Crippen LogP contribution is -2.28. The van der Waals surface area contributed by atoms with Gasteiger partial charge in [0.15, 0.2) is 0 Å². The lowest BCUT2D eigenvalue weighted by molar-refractivity contribution is -0.125. The molecule has 0 saturated heterocycles. The average Bonchev–Trinajstić information content (AvgIpc) is 2.45. The number of carbonyl (C=O) groups excluding carboxylic acids is 1. The highest BCUT2D eigenvalue weighted by atomic mass is 16.5. The van der Waals surface area contributed by atoms with E-state index < -0.39 is 0 Å². The SMILES string of the molecule is C#CCOc1ccccc1/C=C/C(=O)N(CC)CC. The van der Waals surface area contributed by atoms with Crippen LogP contribution in [-0.4, -0.2) is 30.5 Å². The molecule has 3 nitrogen and oxygen atoms in total. The van der Waals surface area contributed by atoms with E-state index in [1.165, 1.54) is 0 Å². The summed E-state index contributed by atoms with van der Waals surface area (Å²) in [6.07, 6.45) is 8.49. The van der Waals surface area contributed by atoms with Gasteiger partial charge in [0.2, 0.25) is 5.91 Å². The van der Waals surface area contributed by atoms with Crippen molar-refractivity contribution < 1.29 is 9.53 Å². The fraction of sp³-hybridized carbons (Fsp3) is 0.312. The molecular weight excluding hydrogens is 238 g/mol. The van der Waals surface area contributed by atoms with Crippen molar-refractivity contribution in [2.24, 2.45) is 0 Å². The van der Waals surface area contributed by atoms with Gasteiger partial charge < -0.3 is 9.64 Å². The molecule has 0 bridgehead atoms. The van der Waals surface area contributed by atoms with Crippen molar-refractivity contribution in [1.29, 1.82) is 0 Å². The molecule has 0 aromatic heterocycles. The Balaban J connectivity index is 2.81. The van der Waals surface area contributed by atoms with E-state index in [2.05, 4.69) is 5.92 Å². The minimum atomic E-state index is -0.00301. The highest BCUT2D eigenvalue weighted by Crippen LogP contribution is 2.19. The van der Waals surface area contributed by atoms with Crippen LogP contribution in [0.25, 0.3) is 6.08 Å². The van der Waals surface area contributed by atoms with Gasteiger partial charge in [0.25, 0.3) is 0 Å². The number of likely N-dealkylation sites (N-methyl/N-ethyl adjacent to an activating group) is 1. The van der Waals surface area contributed by atoms with E-state index in [4.69, 9.17) is 11.2 Å². The first-order chi connectivity index (χ1) is 9.22. The minimum Gasteiger partial charge on any atom is -0.480 e. The number of benzene rings is 1. The van der Waals surface area contributed by atoms with Crippen molar-refractivity contribution in [1.82, 2.24) is 4.90 Å². The van der Waals surface area contributed by atoms with Crippen LogP contribution in [0.2, 0.25) is 0 Å². The number of hydrogen-bond acceptors (Lipinski definition) is 2. The molecule has 0 aliphatic heterocycles. The Kier molecular flexibility index (Phi) is 6.25. The van der Waals surface area contributed by atoms with E-state index in [1.54, 1.807) is 17.1 Å². The fourth-order valence-electron chi connectivity index (χ4n) is 1.67. The Bertz CT molecular complexity index is 482. The summed E-state index contributed by atoms with van der Waals surface area (Å²) >= 11 is 0. The fourth-order valence-corrected chi connectivity index (χ4v) is 1.67. The standard InChI is InChI=1S/C16H19NO2/c1-4-13-19-15-10-8-7-9-14(15)11-12-16(18)17(5-2)6-3/h1,7-12H,5-6,13H2,2-3H3/b12-11+. The van der Waals surface area contributed by atoms with Crippen molar-refractivity contribution in [3.63, 3.8) is 0 Å². The van der Waals surface area contributed by atoms with Gasteiger partial charge in [-0.05, 0) is 26.0 Å². The van der Waals surface area contributed by atoms with E-state index in [0.29, 0.717) is 18.8 Å². The highest BCUT2D eigenvalue weighted by Gasteiger charge is 2.05. The molecule has 100 valence electrons. The Morgan fingerprint density at radius 2 is 2.05 bits per heavy atom. The van der Waals surface area contributed by atoms with Gasteiger partial charge >= 0.3 is 0 Å². The lowest BCUT2D eigenvalue weighted by Gasteiger charge is -2.16. The van der Waals surface area contributed by atoms with Gasteiger partial charge in [0.05, 0.1) is 0 Å². The Labute approximate surface area is 114 Å². The molecule has 1 rings (SSSR count). The summed E-state index contributed by atoms with van der Waals surface area (Å²) in [5.74, 6) is 3.10. The summed E-state index contributed by atoms with van der Waals surface area (Å²) in [6.45, 7) is 5.54. The molecule has 0 unspecified atom stereocenters. The van der Waals surface area contributed by atoms with Crippen molar-refractivity contribution in [2.45, 2.75) is 13.8 Å². The van der Waals surface area contributed by atoms with Crippen LogP contribution >= 0.6 is 0 Å². The summed E-state index contributed by atoms with van der Waals surface area (Å²) in [7, 11) is 0. The first-order valence-corrected chi connectivity index (χ1v) is 6.35. The van der Waals surface area contributed by atoms with Crippen LogP contribution < -0.4 is 4.74 Å². The lowest BCUT2D eigenvalue weighted by atomic mass is 10.2. The molecule has 0 aliphatic carbocycles. The van der Waals surface area contributed by atoms with Crippen molar-refractivity contribution in [3.05, 3.63) is 35.9 Å². The summed E-state index contributed by atoms with van der Waals surface area (Å²) in [5, 5.41) is 0. The summed E-state index contributed by atoms with van der Waals surface area (Å²) in [6, 6.07) is 7.48. The molecule has 0 aliphatic rings. The molecule has 0 atom stereocenters. The van der Waals surface area contributed by atoms with E-state index in [0.717, 1.165) is 5.56 Å². The molecule has 0 heterocycles. The van der Waals surface area contributed by atoms with Crippen LogP contribution in [-0.2, 0) is 4.79 Å². The summed E-state index contributed by atoms with van der Waals surface area (Å²) < 4.78 is 5.42. The first-order valence-electron chi connectivity index (χ1n) is 6.35. The zero-order chi connectivity index (χ0) is 14.1. The van der Waals surface area contributed by atoms with Crippen molar-refractivity contribution in [3.8, 4) is 18.1 Å². The number of nitrogens with zero attached hydrogens (tertiary/aromatic N) is 1. The summed E-state index contributed by atoms with van der Waals surface area (Å²) in [4.78, 5) is 13.6. The second kappa shape index (κ2) is 7.99. The molecule has 0 fully saturated rings. The maximum absolute atomic E-state index is 11.9. The van der Waals surface area contributed by atoms with Gasteiger partial charge in [-0.25, -0.2) is 0 Å². The molecule has 1 amide bonds. The smallest absolute Gasteiger partial charge is 0.246 e. The van der Waals surface area contributed by atoms with E-state index >= 15 is 0 Å². The van der Waals surface area contributed by atoms with E-state index in [1.807, 2.05) is 38.1 Å². The quantitative estimate of drug-likeness (QED) is 0.579. The topological polar surface area (TPSA) is 29.5 Å². The first kappa shape index (κ1) is 14.8. The molecule has 1 aromatic carbocycles. The maximum atomic E-state index is 11.9. The number of amides is 1. The molecule has 0 N–H and O–H groups in total. The van der Waals surface area contributed by atoms with Crippen LogP contribution in [0.4, 0.5) is 0 Å². The molecule has 19 heavy (non-hydrogen) atoms. The monoisotopic (exact) mass is 257 g/mol. The Hall–Kier alpha value is -2.21. The van der Waals surface area contributed by atoms with Gasteiger partial charge in [-0.3, -0.25) is 4.79 Å². The van der Waals surface area contributed by atoms with Gasteiger partial charge in [-0.1, -0.05) is 24.1 Å². The van der Waals surface area contributed by atoms with Crippen LogP contribution in [0.1, 0.15) is 19.4 Å². The van der Waals surface area contributed by atoms with Crippen molar-refractivity contribution in [2.75, 3.05) is 19.7 Å². The number of hydrogen-bond donors (Lipinski definition) is 0. The van der Waals surface area contributed by atoms with Crippen LogP contribution in [0.15, 0.2) is 30.3 Å². The number of terminal acetylenes is 1. The van der Waals surface area contributed by atoms with Gasteiger partial charge in [0, 0.05) is 24.7 Å². The molecular formula is C16H19NO2. The molecule has 0 radical (unpaired) electrons. The molecule has 0 saturated carbocycles. The second-order valence-corrected chi connectivity index (χ2v) is 3.87. The maximum Gasteiger partial charge on any atom is 0.246 e. The normalized spacial score (nSPS) is 10.2.